The molecular weight excluding hydrogens is 160 g/mol. The first-order valence-electron chi connectivity index (χ1n) is 3.02. The molecule has 0 spiro atoms. The number of thiol groups is 1. The fourth-order valence-corrected chi connectivity index (χ4v) is 0.930. The highest BCUT2D eigenvalue weighted by Crippen LogP contribution is 2.16. The molecule has 0 aromatic heterocycles. The van der Waals surface area contributed by atoms with E-state index in [0.29, 0.717) is 16.1 Å². The summed E-state index contributed by atoms with van der Waals surface area (Å²) < 4.78 is 0. The summed E-state index contributed by atoms with van der Waals surface area (Å²) in [7, 11) is 0. The summed E-state index contributed by atoms with van der Waals surface area (Å²) in [6.45, 7) is 0. The average Bonchev–Trinajstić information content (AvgIpc) is 2.05. The molecule has 1 rings (SSSR count). The van der Waals surface area contributed by atoms with Gasteiger partial charge in [0.2, 0.25) is 0 Å². The van der Waals surface area contributed by atoms with E-state index >= 15 is 0 Å². The van der Waals surface area contributed by atoms with Crippen molar-refractivity contribution in [3.63, 3.8) is 0 Å². The zero-order valence-electron chi connectivity index (χ0n) is 5.74. The third-order valence-electron chi connectivity index (χ3n) is 1.32. The molecule has 1 aromatic carbocycles. The number of benzene rings is 1. The molecule has 0 atom stereocenters. The maximum absolute atomic E-state index is 10.4. The maximum Gasteiger partial charge on any atom is 0.151 e. The Balaban J connectivity index is 3.12. The number of nitrogens with one attached hydrogen (secondary N) is 1. The highest BCUT2D eigenvalue weighted by Gasteiger charge is 1.97. The average molecular weight is 168 g/mol. The molecule has 0 heterocycles. The predicted molar refractivity (Wildman–Crippen MR) is 46.9 cm³/mol. The number of nitrogen functional groups attached to an aromatic ring is 1. The van der Waals surface area contributed by atoms with Gasteiger partial charge in [-0.2, -0.15) is 0 Å². The molecule has 58 valence electrons. The number of hydrogen-bond acceptors (Lipinski definition) is 4. The van der Waals surface area contributed by atoms with Crippen molar-refractivity contribution in [3.05, 3.63) is 23.8 Å². The van der Waals surface area contributed by atoms with E-state index in [0.717, 1.165) is 6.29 Å². The largest absolute Gasteiger partial charge is 0.324 e. The molecule has 3 N–H and O–H groups in total. The van der Waals surface area contributed by atoms with Crippen LogP contribution in [0.3, 0.4) is 0 Å². The van der Waals surface area contributed by atoms with Gasteiger partial charge in [0.1, 0.15) is 0 Å². The Hall–Kier alpha value is -1.00. The minimum Gasteiger partial charge on any atom is -0.324 e. The lowest BCUT2D eigenvalue weighted by molar-refractivity contribution is 0.112. The van der Waals surface area contributed by atoms with Crippen LogP contribution in [0.25, 0.3) is 0 Å². The first-order valence-corrected chi connectivity index (χ1v) is 3.47. The highest BCUT2D eigenvalue weighted by atomic mass is 32.1. The Morgan fingerprint density at radius 3 is 2.82 bits per heavy atom. The third kappa shape index (κ3) is 1.72. The fourth-order valence-electron chi connectivity index (χ4n) is 0.739. The van der Waals surface area contributed by atoms with E-state index in [1.807, 2.05) is 0 Å². The lowest BCUT2D eigenvalue weighted by atomic mass is 10.2. The minimum absolute atomic E-state index is 0.531. The van der Waals surface area contributed by atoms with Crippen molar-refractivity contribution in [1.82, 2.24) is 0 Å². The minimum atomic E-state index is 0.531. The molecule has 0 aliphatic heterocycles. The monoisotopic (exact) mass is 168 g/mol. The second kappa shape index (κ2) is 3.41. The maximum atomic E-state index is 10.4. The Morgan fingerprint density at radius 2 is 2.27 bits per heavy atom. The molecule has 4 heteroatoms. The summed E-state index contributed by atoms with van der Waals surface area (Å²) in [6, 6.07) is 5.09. The molecule has 0 aliphatic carbocycles. The first-order chi connectivity index (χ1) is 5.27. The van der Waals surface area contributed by atoms with Gasteiger partial charge in [-0.25, -0.2) is 0 Å². The molecule has 0 saturated carbocycles. The van der Waals surface area contributed by atoms with E-state index in [2.05, 4.69) is 18.1 Å². The number of carbonyl (C=O) groups is 1. The van der Waals surface area contributed by atoms with Crippen molar-refractivity contribution in [2.45, 2.75) is 4.90 Å². The van der Waals surface area contributed by atoms with Crippen molar-refractivity contribution >= 4 is 24.6 Å². The number of anilines is 1. The van der Waals surface area contributed by atoms with Crippen molar-refractivity contribution in [3.8, 4) is 0 Å². The third-order valence-corrected chi connectivity index (χ3v) is 1.73. The first kappa shape index (κ1) is 8.10. The lowest BCUT2D eigenvalue weighted by Crippen LogP contribution is -2.06. The van der Waals surface area contributed by atoms with E-state index < -0.39 is 0 Å². The summed E-state index contributed by atoms with van der Waals surface area (Å²) in [5.74, 6) is 5.13. The van der Waals surface area contributed by atoms with Crippen LogP contribution in [0.2, 0.25) is 0 Å². The molecule has 0 radical (unpaired) electrons. The van der Waals surface area contributed by atoms with E-state index in [9.17, 15) is 4.79 Å². The second-order valence-electron chi connectivity index (χ2n) is 2.04. The van der Waals surface area contributed by atoms with Crippen molar-refractivity contribution in [1.29, 1.82) is 0 Å². The summed E-state index contributed by atoms with van der Waals surface area (Å²) >= 11 is 4.06. The zero-order chi connectivity index (χ0) is 8.27. The SMILES string of the molecule is NNc1ccc(S)c(C=O)c1. The smallest absolute Gasteiger partial charge is 0.151 e. The van der Waals surface area contributed by atoms with Gasteiger partial charge in [-0.15, -0.1) is 12.6 Å². The number of rotatable bonds is 2. The van der Waals surface area contributed by atoms with Gasteiger partial charge in [0.25, 0.3) is 0 Å². The Kier molecular flexibility index (Phi) is 2.51. The molecule has 0 unspecified atom stereocenters. The van der Waals surface area contributed by atoms with Crippen molar-refractivity contribution in [2.24, 2.45) is 5.84 Å². The zero-order valence-corrected chi connectivity index (χ0v) is 6.64. The molecule has 0 amide bonds. The molecule has 1 aromatic rings. The van der Waals surface area contributed by atoms with Crippen LogP contribution in [0, 0.1) is 0 Å². The topological polar surface area (TPSA) is 55.1 Å². The number of hydrazine groups is 1. The molecular formula is C7H8N2OS. The molecule has 0 saturated heterocycles. The van der Waals surface area contributed by atoms with Crippen LogP contribution in [0.4, 0.5) is 5.69 Å². The number of nitrogens with two attached hydrogens (primary N) is 1. The standard InChI is InChI=1S/C7H8N2OS/c8-9-6-1-2-7(11)5(3-6)4-10/h1-4,9,11H,8H2. The van der Waals surface area contributed by atoms with Crippen LogP contribution in [-0.4, -0.2) is 6.29 Å². The fraction of sp³-hybridized carbons (Fsp3) is 0. The van der Waals surface area contributed by atoms with Gasteiger partial charge in [0.05, 0.1) is 0 Å². The quantitative estimate of drug-likeness (QED) is 0.268. The van der Waals surface area contributed by atoms with Gasteiger partial charge >= 0.3 is 0 Å². The highest BCUT2D eigenvalue weighted by molar-refractivity contribution is 7.80. The molecule has 0 fully saturated rings. The molecule has 11 heavy (non-hydrogen) atoms. The summed E-state index contributed by atoms with van der Waals surface area (Å²) in [6.07, 6.45) is 0.739. The Labute approximate surface area is 70.0 Å². The Bertz CT molecular complexity index is 275. The second-order valence-corrected chi connectivity index (χ2v) is 2.52. The predicted octanol–water partition coefficient (Wildman–Crippen LogP) is 1.07. The molecule has 3 nitrogen and oxygen atoms in total. The van der Waals surface area contributed by atoms with E-state index in [-0.39, 0.29) is 0 Å². The van der Waals surface area contributed by atoms with Gasteiger partial charge < -0.3 is 5.43 Å². The van der Waals surface area contributed by atoms with Gasteiger partial charge in [-0.05, 0) is 18.2 Å². The number of carbonyl (C=O) groups excluding carboxylic acids is 1. The van der Waals surface area contributed by atoms with Crippen molar-refractivity contribution < 1.29 is 4.79 Å². The van der Waals surface area contributed by atoms with E-state index in [4.69, 9.17) is 5.84 Å². The van der Waals surface area contributed by atoms with E-state index in [1.165, 1.54) is 0 Å². The summed E-state index contributed by atoms with van der Waals surface area (Å²) in [5, 5.41) is 0. The number of hydrogen-bond donors (Lipinski definition) is 3. The van der Waals surface area contributed by atoms with Crippen LogP contribution < -0.4 is 11.3 Å². The van der Waals surface area contributed by atoms with Gasteiger partial charge in [-0.3, -0.25) is 10.6 Å². The Morgan fingerprint density at radius 1 is 1.55 bits per heavy atom. The van der Waals surface area contributed by atoms with Crippen LogP contribution in [0.1, 0.15) is 10.4 Å². The van der Waals surface area contributed by atoms with Gasteiger partial charge in [0, 0.05) is 16.1 Å². The van der Waals surface area contributed by atoms with Crippen LogP contribution in [-0.2, 0) is 0 Å². The normalized spacial score (nSPS) is 9.27. The van der Waals surface area contributed by atoms with E-state index in [1.54, 1.807) is 18.2 Å². The van der Waals surface area contributed by atoms with Gasteiger partial charge in [-0.1, -0.05) is 0 Å². The molecule has 0 aliphatic rings. The van der Waals surface area contributed by atoms with Gasteiger partial charge in [0.15, 0.2) is 6.29 Å². The van der Waals surface area contributed by atoms with Crippen molar-refractivity contribution in [2.75, 3.05) is 5.43 Å². The van der Waals surface area contributed by atoms with Crippen LogP contribution in [0.15, 0.2) is 23.1 Å². The van der Waals surface area contributed by atoms with Crippen LogP contribution in [0.5, 0.6) is 0 Å². The number of aldehydes is 1. The molecule has 0 bridgehead atoms. The lowest BCUT2D eigenvalue weighted by Gasteiger charge is -2.01. The summed E-state index contributed by atoms with van der Waals surface area (Å²) in [5.41, 5.74) is 3.67. The van der Waals surface area contributed by atoms with Crippen LogP contribution >= 0.6 is 12.6 Å². The summed E-state index contributed by atoms with van der Waals surface area (Å²) in [4.78, 5) is 11.0.